The van der Waals surface area contributed by atoms with Gasteiger partial charge < -0.3 is 14.7 Å². The Labute approximate surface area is 226 Å². The van der Waals surface area contributed by atoms with Crippen LogP contribution < -0.4 is 16.0 Å². The van der Waals surface area contributed by atoms with Crippen LogP contribution >= 0.6 is 27.5 Å². The summed E-state index contributed by atoms with van der Waals surface area (Å²) in [7, 11) is -5.68. The minimum atomic E-state index is -5.68. The number of alkyl halides is 3. The number of hydrogen-bond acceptors (Lipinski definition) is 6. The molecule has 0 fully saturated rings. The predicted octanol–water partition coefficient (Wildman–Crippen LogP) is 5.04. The Kier molecular flexibility index (Phi) is 7.34. The van der Waals surface area contributed by atoms with Gasteiger partial charge in [0, 0.05) is 23.9 Å². The van der Waals surface area contributed by atoms with Crippen molar-refractivity contribution in [2.75, 3.05) is 4.72 Å². The summed E-state index contributed by atoms with van der Waals surface area (Å²) in [6.45, 7) is 1.79. The number of fused-ring (bicyclic) bond motifs is 1. The number of carbonyl (C=O) groups is 1. The number of aromatic nitrogens is 2. The lowest BCUT2D eigenvalue weighted by Gasteiger charge is -2.16. The second-order valence-corrected chi connectivity index (χ2v) is 10.8. The van der Waals surface area contributed by atoms with Crippen LogP contribution in [0.5, 0.6) is 0 Å². The van der Waals surface area contributed by atoms with Gasteiger partial charge in [-0.15, -0.1) is 0 Å². The average molecular weight is 634 g/mol. The molecule has 0 saturated heterocycles. The second-order valence-electron chi connectivity index (χ2n) is 7.97. The van der Waals surface area contributed by atoms with E-state index in [1.165, 1.54) is 28.8 Å². The van der Waals surface area contributed by atoms with Gasteiger partial charge in [0.1, 0.15) is 22.1 Å². The minimum Gasteiger partial charge on any atom is -0.455 e. The number of aryl methyl sites for hydroxylation is 1. The molecule has 0 atom stereocenters. The molecule has 2 heterocycles. The monoisotopic (exact) mass is 632 g/mol. The van der Waals surface area contributed by atoms with Crippen LogP contribution in [0.15, 0.2) is 56.1 Å². The molecular weight excluding hydrogens is 617 g/mol. The first-order valence-electron chi connectivity index (χ1n) is 10.7. The highest BCUT2D eigenvalue weighted by Crippen LogP contribution is 2.41. The molecule has 15 heteroatoms. The van der Waals surface area contributed by atoms with Gasteiger partial charge in [-0.2, -0.15) is 26.6 Å². The number of primary amides is 1. The number of nitrogens with zero attached hydrogens (tertiary/aromatic N) is 2. The quantitative estimate of drug-likeness (QED) is 0.293. The molecule has 200 valence electrons. The normalized spacial score (nSPS) is 12.2. The summed E-state index contributed by atoms with van der Waals surface area (Å²) in [5, 5.41) is 0.102. The van der Waals surface area contributed by atoms with E-state index in [-0.39, 0.29) is 35.1 Å². The van der Waals surface area contributed by atoms with Crippen molar-refractivity contribution < 1.29 is 30.8 Å². The van der Waals surface area contributed by atoms with Gasteiger partial charge in [0.2, 0.25) is 0 Å². The van der Waals surface area contributed by atoms with Crippen LogP contribution in [-0.4, -0.2) is 29.4 Å². The van der Waals surface area contributed by atoms with Crippen molar-refractivity contribution in [1.29, 1.82) is 0 Å². The van der Waals surface area contributed by atoms with E-state index in [4.69, 9.17) is 21.8 Å². The van der Waals surface area contributed by atoms with Crippen LogP contribution in [0.4, 0.5) is 18.9 Å². The van der Waals surface area contributed by atoms with Crippen molar-refractivity contribution in [2.45, 2.75) is 25.4 Å². The molecule has 4 aromatic rings. The van der Waals surface area contributed by atoms with Crippen molar-refractivity contribution >= 4 is 60.1 Å². The molecule has 2 aromatic heterocycles. The number of nitrogens with one attached hydrogen (secondary N) is 1. The van der Waals surface area contributed by atoms with Gasteiger partial charge in [-0.1, -0.05) is 36.7 Å². The van der Waals surface area contributed by atoms with Crippen LogP contribution in [0.3, 0.4) is 0 Å². The van der Waals surface area contributed by atoms with Crippen LogP contribution in [0.2, 0.25) is 5.02 Å². The lowest BCUT2D eigenvalue weighted by atomic mass is 10.1. The summed E-state index contributed by atoms with van der Waals surface area (Å²) in [5.41, 5.74) is -0.317. The van der Waals surface area contributed by atoms with Crippen molar-refractivity contribution in [1.82, 2.24) is 9.55 Å². The van der Waals surface area contributed by atoms with Gasteiger partial charge in [0.15, 0.2) is 5.76 Å². The number of anilines is 1. The molecule has 9 nitrogen and oxygen atoms in total. The summed E-state index contributed by atoms with van der Waals surface area (Å²) in [5.74, 6) is -0.543. The third kappa shape index (κ3) is 5.02. The summed E-state index contributed by atoms with van der Waals surface area (Å²) < 4.78 is 71.5. The highest BCUT2D eigenvalue weighted by atomic mass is 79.9. The van der Waals surface area contributed by atoms with E-state index in [0.29, 0.717) is 27.4 Å². The average Bonchev–Trinajstić information content (AvgIpc) is 3.16. The Morgan fingerprint density at radius 1 is 1.24 bits per heavy atom. The third-order valence-corrected chi connectivity index (χ3v) is 7.74. The van der Waals surface area contributed by atoms with Crippen LogP contribution in [-0.2, 0) is 23.0 Å². The molecule has 0 saturated carbocycles. The van der Waals surface area contributed by atoms with Crippen LogP contribution in [0.25, 0.3) is 22.3 Å². The predicted molar refractivity (Wildman–Crippen MR) is 138 cm³/mol. The standard InChI is InChI=1S/C23H17BrClF3N4O5S/c1-2-16-30-22(34)18(25)19(21(29)33)32(16)10-11-7-8-15-13(9-11)17(24)20(37-15)12-5-3-4-6-14(12)31-38(35,36)23(26,27)28/h3-9,31H,2,10H2,1H3,(H2,29,33). The molecule has 0 aliphatic heterocycles. The highest BCUT2D eigenvalue weighted by Gasteiger charge is 2.46. The number of benzene rings is 2. The van der Waals surface area contributed by atoms with Crippen molar-refractivity contribution in [3.8, 4) is 11.3 Å². The molecule has 38 heavy (non-hydrogen) atoms. The first kappa shape index (κ1) is 27.7. The maximum Gasteiger partial charge on any atom is 0.516 e. The maximum atomic E-state index is 13.0. The molecular formula is C23H17BrClF3N4O5S. The van der Waals surface area contributed by atoms with Gasteiger partial charge in [-0.3, -0.25) is 14.3 Å². The molecule has 0 bridgehead atoms. The number of amides is 1. The van der Waals surface area contributed by atoms with Crippen LogP contribution in [0.1, 0.15) is 28.8 Å². The van der Waals surface area contributed by atoms with Gasteiger partial charge in [0.25, 0.3) is 11.5 Å². The second kappa shape index (κ2) is 10.1. The molecule has 2 aromatic carbocycles. The summed E-state index contributed by atoms with van der Waals surface area (Å²) in [6, 6.07) is 10.4. The maximum absolute atomic E-state index is 13.0. The molecule has 0 aliphatic carbocycles. The van der Waals surface area contributed by atoms with Gasteiger partial charge in [-0.25, -0.2) is 0 Å². The Balaban J connectivity index is 1.81. The Morgan fingerprint density at radius 2 is 1.92 bits per heavy atom. The Bertz CT molecular complexity index is 1750. The lowest BCUT2D eigenvalue weighted by Crippen LogP contribution is -2.30. The molecule has 0 radical (unpaired) electrons. The third-order valence-electron chi connectivity index (χ3n) is 5.51. The van der Waals surface area contributed by atoms with E-state index in [0.717, 1.165) is 0 Å². The van der Waals surface area contributed by atoms with Gasteiger partial charge >= 0.3 is 15.5 Å². The first-order chi connectivity index (χ1) is 17.7. The topological polar surface area (TPSA) is 137 Å². The fourth-order valence-electron chi connectivity index (χ4n) is 3.80. The zero-order valence-corrected chi connectivity index (χ0v) is 22.4. The van der Waals surface area contributed by atoms with E-state index in [1.807, 2.05) is 0 Å². The minimum absolute atomic E-state index is 0.0549. The summed E-state index contributed by atoms with van der Waals surface area (Å²) >= 11 is 9.43. The fourth-order valence-corrected chi connectivity index (χ4v) is 5.22. The number of para-hydroxylation sites is 1. The summed E-state index contributed by atoms with van der Waals surface area (Å²) in [6.07, 6.45) is 0.305. The van der Waals surface area contributed by atoms with E-state index < -0.39 is 32.0 Å². The van der Waals surface area contributed by atoms with Crippen molar-refractivity contribution in [2.24, 2.45) is 5.73 Å². The SMILES string of the molecule is CCc1nc(=O)c(Cl)c(C(N)=O)n1Cc1ccc2oc(-c3ccccc3NS(=O)(=O)C(F)(F)F)c(Br)c2c1. The van der Waals surface area contributed by atoms with Crippen molar-refractivity contribution in [3.05, 3.63) is 79.4 Å². The molecule has 0 unspecified atom stereocenters. The molecule has 4 rings (SSSR count). The number of halogens is 5. The smallest absolute Gasteiger partial charge is 0.455 e. The van der Waals surface area contributed by atoms with Gasteiger partial charge in [0.05, 0.1) is 10.2 Å². The molecule has 0 spiro atoms. The number of carbonyl (C=O) groups excluding carboxylic acids is 1. The van der Waals surface area contributed by atoms with E-state index in [1.54, 1.807) is 29.8 Å². The first-order valence-corrected chi connectivity index (χ1v) is 13.4. The zero-order valence-electron chi connectivity index (χ0n) is 19.3. The molecule has 0 aliphatic rings. The van der Waals surface area contributed by atoms with E-state index >= 15 is 0 Å². The van der Waals surface area contributed by atoms with E-state index in [2.05, 4.69) is 20.9 Å². The van der Waals surface area contributed by atoms with E-state index in [9.17, 15) is 31.2 Å². The van der Waals surface area contributed by atoms with Crippen molar-refractivity contribution in [3.63, 3.8) is 0 Å². The van der Waals surface area contributed by atoms with Crippen LogP contribution in [0, 0.1) is 0 Å². The Morgan fingerprint density at radius 3 is 2.55 bits per heavy atom. The zero-order chi connectivity index (χ0) is 28.0. The largest absolute Gasteiger partial charge is 0.516 e. The molecule has 3 N–H and O–H groups in total. The van der Waals surface area contributed by atoms with Gasteiger partial charge in [-0.05, 0) is 45.8 Å². The number of hydrogen-bond donors (Lipinski definition) is 2. The number of nitrogens with two attached hydrogens (primary N) is 1. The molecule has 1 amide bonds. The summed E-state index contributed by atoms with van der Waals surface area (Å²) in [4.78, 5) is 28.1. The lowest BCUT2D eigenvalue weighted by molar-refractivity contribution is -0.0429. The number of rotatable bonds is 7. The fraction of sp³-hybridized carbons (Fsp3) is 0.174. The highest BCUT2D eigenvalue weighted by molar-refractivity contribution is 9.10. The Hall–Kier alpha value is -3.36. The number of sulfonamides is 1. The number of furan rings is 1.